The number of anilines is 1. The van der Waals surface area contributed by atoms with Gasteiger partial charge in [-0.15, -0.1) is 0 Å². The number of aryl methyl sites for hydroxylation is 1. The van der Waals surface area contributed by atoms with Crippen LogP contribution in [-0.4, -0.2) is 66.9 Å². The Bertz CT molecular complexity index is 1120. The maximum atomic E-state index is 13.5. The van der Waals surface area contributed by atoms with Crippen molar-refractivity contribution < 1.29 is 14.6 Å². The van der Waals surface area contributed by atoms with Gasteiger partial charge in [0.2, 0.25) is 0 Å². The average Bonchev–Trinajstić information content (AvgIpc) is 2.93. The van der Waals surface area contributed by atoms with Crippen molar-refractivity contribution in [3.63, 3.8) is 0 Å². The molecule has 0 aromatic heterocycles. The number of ether oxygens (including phenoxy) is 1. The number of urea groups is 1. The van der Waals surface area contributed by atoms with Crippen molar-refractivity contribution in [2.45, 2.75) is 19.3 Å². The molecule has 6 nitrogen and oxygen atoms in total. The molecule has 3 aromatic rings. The molecule has 1 fully saturated rings. The van der Waals surface area contributed by atoms with Gasteiger partial charge in [-0.1, -0.05) is 73.3 Å². The van der Waals surface area contributed by atoms with Crippen LogP contribution in [0.25, 0.3) is 5.76 Å². The lowest BCUT2D eigenvalue weighted by atomic mass is 9.88. The molecule has 0 radical (unpaired) electrons. The van der Waals surface area contributed by atoms with Gasteiger partial charge in [0.15, 0.2) is 0 Å². The van der Waals surface area contributed by atoms with Crippen molar-refractivity contribution in [2.24, 2.45) is 0 Å². The molecule has 0 aliphatic carbocycles. The summed E-state index contributed by atoms with van der Waals surface area (Å²) in [5.41, 5.74) is 4.66. The predicted octanol–water partition coefficient (Wildman–Crippen LogP) is 5.91. The van der Waals surface area contributed by atoms with Crippen LogP contribution in [0.3, 0.4) is 0 Å². The number of amides is 2. The predicted molar refractivity (Wildman–Crippen MR) is 150 cm³/mol. The number of aliphatic hydroxyl groups excluding tert-OH is 1. The Hall–Kier alpha value is -3.61. The minimum atomic E-state index is -0.147. The largest absolute Gasteiger partial charge is 0.508 e. The Balaban J connectivity index is 1.51. The van der Waals surface area contributed by atoms with Crippen molar-refractivity contribution >= 4 is 17.5 Å². The lowest BCUT2D eigenvalue weighted by molar-refractivity contribution is 0.0351. The molecule has 1 saturated heterocycles. The van der Waals surface area contributed by atoms with E-state index < -0.39 is 0 Å². The Morgan fingerprint density at radius 3 is 2.22 bits per heavy atom. The normalized spacial score (nSPS) is 13.9. The van der Waals surface area contributed by atoms with Crippen molar-refractivity contribution in [2.75, 3.05) is 51.3 Å². The molecule has 0 spiro atoms. The van der Waals surface area contributed by atoms with E-state index in [2.05, 4.69) is 65.3 Å². The van der Waals surface area contributed by atoms with Crippen LogP contribution in [-0.2, 0) is 4.74 Å². The Morgan fingerprint density at radius 2 is 1.62 bits per heavy atom. The molecule has 1 aliphatic heterocycles. The van der Waals surface area contributed by atoms with Crippen LogP contribution in [0.5, 0.6) is 0 Å². The van der Waals surface area contributed by atoms with E-state index in [4.69, 9.17) is 4.74 Å². The summed E-state index contributed by atoms with van der Waals surface area (Å²) < 4.78 is 5.49. The third kappa shape index (κ3) is 7.44. The van der Waals surface area contributed by atoms with Gasteiger partial charge in [-0.25, -0.2) is 4.79 Å². The summed E-state index contributed by atoms with van der Waals surface area (Å²) >= 11 is 0. The van der Waals surface area contributed by atoms with Crippen LogP contribution in [0.1, 0.15) is 34.6 Å². The van der Waals surface area contributed by atoms with Gasteiger partial charge in [-0.2, -0.15) is 0 Å². The number of morpholine rings is 1. The number of rotatable bonds is 10. The van der Waals surface area contributed by atoms with Crippen molar-refractivity contribution in [3.8, 4) is 0 Å². The minimum Gasteiger partial charge on any atom is -0.508 e. The summed E-state index contributed by atoms with van der Waals surface area (Å²) in [5, 5.41) is 13.0. The molecule has 2 N–H and O–H groups in total. The summed E-state index contributed by atoms with van der Waals surface area (Å²) in [7, 11) is 0. The van der Waals surface area contributed by atoms with E-state index >= 15 is 0 Å². The van der Waals surface area contributed by atoms with Gasteiger partial charge < -0.3 is 20.1 Å². The van der Waals surface area contributed by atoms with Gasteiger partial charge in [0, 0.05) is 49.9 Å². The first-order chi connectivity index (χ1) is 18.0. The van der Waals surface area contributed by atoms with E-state index in [0.29, 0.717) is 24.3 Å². The fraction of sp³-hybridized carbons (Fsp3) is 0.323. The lowest BCUT2D eigenvalue weighted by Gasteiger charge is -2.31. The zero-order chi connectivity index (χ0) is 26.0. The average molecular weight is 500 g/mol. The summed E-state index contributed by atoms with van der Waals surface area (Å²) in [5.74, 6) is 0.177. The fourth-order valence-electron chi connectivity index (χ4n) is 4.80. The third-order valence-corrected chi connectivity index (χ3v) is 6.97. The molecule has 0 bridgehead atoms. The Morgan fingerprint density at radius 1 is 1.00 bits per heavy atom. The summed E-state index contributed by atoms with van der Waals surface area (Å²) in [6.45, 7) is 10.8. The molecule has 0 atom stereocenters. The molecule has 0 saturated carbocycles. The quantitative estimate of drug-likeness (QED) is 0.340. The molecule has 6 heteroatoms. The lowest BCUT2D eigenvalue weighted by Crippen LogP contribution is -2.44. The molecule has 194 valence electrons. The minimum absolute atomic E-state index is 0.00802. The van der Waals surface area contributed by atoms with Gasteiger partial charge in [-0.05, 0) is 42.2 Å². The van der Waals surface area contributed by atoms with Gasteiger partial charge in [0.05, 0.1) is 13.2 Å². The highest BCUT2D eigenvalue weighted by molar-refractivity contribution is 5.90. The number of nitrogens with one attached hydrogen (secondary N) is 1. The zero-order valence-electron chi connectivity index (χ0n) is 21.6. The maximum Gasteiger partial charge on any atom is 0.321 e. The maximum absolute atomic E-state index is 13.5. The third-order valence-electron chi connectivity index (χ3n) is 6.97. The highest BCUT2D eigenvalue weighted by atomic mass is 16.5. The molecular formula is C31H37N3O3. The molecule has 37 heavy (non-hydrogen) atoms. The smallest absolute Gasteiger partial charge is 0.321 e. The van der Waals surface area contributed by atoms with E-state index in [-0.39, 0.29) is 17.7 Å². The van der Waals surface area contributed by atoms with E-state index in [1.807, 2.05) is 36.1 Å². The standard InChI is InChI=1S/C31H37N3O3/c1-24-13-14-28(23-30(24)25(2)35)32-31(36)34(18-17-33-19-21-37-22-20-33)16-15-29(26-9-5-3-6-10-26)27-11-7-4-8-12-27/h3-14,23,29,35H,2,15-22H2,1H3,(H,32,36). The molecule has 1 heterocycles. The van der Waals surface area contributed by atoms with Crippen molar-refractivity contribution in [3.05, 3.63) is 108 Å². The first-order valence-electron chi connectivity index (χ1n) is 13.0. The molecule has 3 aromatic carbocycles. The van der Waals surface area contributed by atoms with Crippen LogP contribution in [0.2, 0.25) is 0 Å². The number of nitrogens with zero attached hydrogens (tertiary/aromatic N) is 2. The van der Waals surface area contributed by atoms with Gasteiger partial charge in [0.25, 0.3) is 0 Å². The van der Waals surface area contributed by atoms with E-state index in [1.165, 1.54) is 11.1 Å². The molecule has 0 unspecified atom stereocenters. The van der Waals surface area contributed by atoms with Crippen molar-refractivity contribution in [1.29, 1.82) is 0 Å². The van der Waals surface area contributed by atoms with Crippen molar-refractivity contribution in [1.82, 2.24) is 9.80 Å². The molecule has 1 aliphatic rings. The van der Waals surface area contributed by atoms with Crippen LogP contribution in [0.15, 0.2) is 85.4 Å². The van der Waals surface area contributed by atoms with E-state index in [1.54, 1.807) is 6.07 Å². The SMILES string of the molecule is C=C(O)c1cc(NC(=O)N(CCC(c2ccccc2)c2ccccc2)CCN2CCOCC2)ccc1C. The summed E-state index contributed by atoms with van der Waals surface area (Å²) in [4.78, 5) is 17.8. The summed E-state index contributed by atoms with van der Waals surface area (Å²) in [6, 6.07) is 26.3. The van der Waals surface area contributed by atoms with Crippen LogP contribution >= 0.6 is 0 Å². The zero-order valence-corrected chi connectivity index (χ0v) is 21.6. The second kappa shape index (κ2) is 13.1. The van der Waals surface area contributed by atoms with Gasteiger partial charge >= 0.3 is 6.03 Å². The monoisotopic (exact) mass is 499 g/mol. The van der Waals surface area contributed by atoms with Crippen LogP contribution in [0, 0.1) is 6.92 Å². The number of benzene rings is 3. The molecule has 2 amide bonds. The van der Waals surface area contributed by atoms with E-state index in [0.717, 1.165) is 44.8 Å². The first kappa shape index (κ1) is 26.5. The number of aliphatic hydroxyl groups is 1. The fourth-order valence-corrected chi connectivity index (χ4v) is 4.80. The van der Waals surface area contributed by atoms with E-state index in [9.17, 15) is 9.90 Å². The number of carbonyl (C=O) groups is 1. The second-order valence-corrected chi connectivity index (χ2v) is 9.51. The molecule has 4 rings (SSSR count). The first-order valence-corrected chi connectivity index (χ1v) is 13.0. The Labute approximate surface area is 220 Å². The second-order valence-electron chi connectivity index (χ2n) is 9.51. The number of carbonyl (C=O) groups excluding carboxylic acids is 1. The summed E-state index contributed by atoms with van der Waals surface area (Å²) in [6.07, 6.45) is 0.803. The molecular weight excluding hydrogens is 462 g/mol. The van der Waals surface area contributed by atoms with Gasteiger partial charge in [-0.3, -0.25) is 4.90 Å². The number of hydrogen-bond acceptors (Lipinski definition) is 4. The Kier molecular flexibility index (Phi) is 9.35. The number of hydrogen-bond donors (Lipinski definition) is 2. The topological polar surface area (TPSA) is 65.0 Å². The van der Waals surface area contributed by atoms with Gasteiger partial charge in [0.1, 0.15) is 5.76 Å². The van der Waals surface area contributed by atoms with Crippen LogP contribution in [0.4, 0.5) is 10.5 Å². The highest BCUT2D eigenvalue weighted by Gasteiger charge is 2.21. The highest BCUT2D eigenvalue weighted by Crippen LogP contribution is 2.28. The van der Waals surface area contributed by atoms with Crippen LogP contribution < -0.4 is 5.32 Å².